The molecule has 0 bridgehead atoms. The summed E-state index contributed by atoms with van der Waals surface area (Å²) in [5, 5.41) is 13.2. The molecule has 2 N–H and O–H groups in total. The highest BCUT2D eigenvalue weighted by molar-refractivity contribution is 5.40. The van der Waals surface area contributed by atoms with Gasteiger partial charge in [-0.1, -0.05) is 31.2 Å². The van der Waals surface area contributed by atoms with Crippen LogP contribution in [0.4, 0.5) is 0 Å². The Balaban J connectivity index is 2.45. The Morgan fingerprint density at radius 1 is 1.29 bits per heavy atom. The molecule has 1 aromatic carbocycles. The standard InChI is InChI=1S/C15H19N3O3/c1-4-9(2)13-14(19)18(15(20)16-13)12-7-5-11(6-8-12)10(3)17-21/h5-10,19H,4H2,1-3H3,(H,16,20). The van der Waals surface area contributed by atoms with Crippen LogP contribution >= 0.6 is 0 Å². The van der Waals surface area contributed by atoms with Gasteiger partial charge in [0, 0.05) is 5.92 Å². The van der Waals surface area contributed by atoms with Crippen molar-refractivity contribution in [2.75, 3.05) is 0 Å². The van der Waals surface area contributed by atoms with Crippen LogP contribution in [0.15, 0.2) is 34.2 Å². The van der Waals surface area contributed by atoms with E-state index in [1.54, 1.807) is 31.2 Å². The summed E-state index contributed by atoms with van der Waals surface area (Å²) < 4.78 is 1.23. The number of benzene rings is 1. The second kappa shape index (κ2) is 5.95. The maximum Gasteiger partial charge on any atom is 0.333 e. The number of nitrogens with zero attached hydrogens (tertiary/aromatic N) is 2. The van der Waals surface area contributed by atoms with Crippen LogP contribution in [0.2, 0.25) is 0 Å². The van der Waals surface area contributed by atoms with Gasteiger partial charge in [-0.05, 0) is 31.0 Å². The van der Waals surface area contributed by atoms with Gasteiger partial charge in [-0.15, -0.1) is 0 Å². The van der Waals surface area contributed by atoms with E-state index < -0.39 is 6.04 Å². The van der Waals surface area contributed by atoms with Crippen LogP contribution in [-0.4, -0.2) is 14.7 Å². The van der Waals surface area contributed by atoms with Crippen molar-refractivity contribution >= 4 is 0 Å². The molecule has 1 aromatic heterocycles. The zero-order valence-electron chi connectivity index (χ0n) is 12.3. The van der Waals surface area contributed by atoms with Crippen molar-refractivity contribution in [2.24, 2.45) is 5.18 Å². The Labute approximate surface area is 122 Å². The molecule has 0 fully saturated rings. The van der Waals surface area contributed by atoms with Crippen molar-refractivity contribution in [2.45, 2.75) is 39.2 Å². The fraction of sp³-hybridized carbons (Fsp3) is 0.400. The predicted molar refractivity (Wildman–Crippen MR) is 81.0 cm³/mol. The quantitative estimate of drug-likeness (QED) is 0.828. The van der Waals surface area contributed by atoms with Gasteiger partial charge in [0.2, 0.25) is 5.88 Å². The molecule has 1 heterocycles. The molecule has 0 amide bonds. The van der Waals surface area contributed by atoms with Gasteiger partial charge in [0.15, 0.2) is 0 Å². The number of nitroso groups, excluding NO2 is 1. The van der Waals surface area contributed by atoms with E-state index in [4.69, 9.17) is 0 Å². The number of aromatic hydroxyl groups is 1. The molecular formula is C15H19N3O3. The van der Waals surface area contributed by atoms with E-state index >= 15 is 0 Å². The highest BCUT2D eigenvalue weighted by atomic mass is 16.3. The van der Waals surface area contributed by atoms with Gasteiger partial charge in [0.1, 0.15) is 6.04 Å². The fourth-order valence-electron chi connectivity index (χ4n) is 2.19. The van der Waals surface area contributed by atoms with Crippen molar-refractivity contribution in [3.8, 4) is 11.6 Å². The van der Waals surface area contributed by atoms with E-state index in [2.05, 4.69) is 10.2 Å². The van der Waals surface area contributed by atoms with Crippen molar-refractivity contribution < 1.29 is 5.11 Å². The summed E-state index contributed by atoms with van der Waals surface area (Å²) in [6, 6.07) is 6.39. The van der Waals surface area contributed by atoms with E-state index in [0.717, 1.165) is 12.0 Å². The topological polar surface area (TPSA) is 87.5 Å². The second-order valence-electron chi connectivity index (χ2n) is 5.19. The maximum atomic E-state index is 12.0. The van der Waals surface area contributed by atoms with Crippen LogP contribution in [0, 0.1) is 4.91 Å². The number of hydrogen-bond donors (Lipinski definition) is 2. The summed E-state index contributed by atoms with van der Waals surface area (Å²) >= 11 is 0. The first-order valence-corrected chi connectivity index (χ1v) is 6.96. The first kappa shape index (κ1) is 15.0. The summed E-state index contributed by atoms with van der Waals surface area (Å²) in [4.78, 5) is 25.3. The Bertz CT molecular complexity index is 685. The highest BCUT2D eigenvalue weighted by Crippen LogP contribution is 2.27. The minimum Gasteiger partial charge on any atom is -0.493 e. The van der Waals surface area contributed by atoms with Gasteiger partial charge in [0.05, 0.1) is 11.4 Å². The molecule has 0 saturated carbocycles. The van der Waals surface area contributed by atoms with E-state index in [1.165, 1.54) is 4.57 Å². The average molecular weight is 289 g/mol. The number of aromatic amines is 1. The molecule has 0 aliphatic rings. The lowest BCUT2D eigenvalue weighted by atomic mass is 10.1. The zero-order chi connectivity index (χ0) is 15.6. The van der Waals surface area contributed by atoms with Gasteiger partial charge >= 0.3 is 5.69 Å². The number of H-pyrrole nitrogens is 1. The van der Waals surface area contributed by atoms with Crippen LogP contribution in [0.5, 0.6) is 5.88 Å². The third kappa shape index (κ3) is 2.74. The summed E-state index contributed by atoms with van der Waals surface area (Å²) in [6.45, 7) is 5.63. The van der Waals surface area contributed by atoms with Crippen molar-refractivity contribution in [1.82, 2.24) is 9.55 Å². The largest absolute Gasteiger partial charge is 0.493 e. The molecule has 2 aromatic rings. The third-order valence-electron chi connectivity index (χ3n) is 3.79. The number of nitrogens with one attached hydrogen (secondary N) is 1. The van der Waals surface area contributed by atoms with Crippen LogP contribution < -0.4 is 5.69 Å². The van der Waals surface area contributed by atoms with Gasteiger partial charge in [-0.3, -0.25) is 0 Å². The number of imidazole rings is 1. The van der Waals surface area contributed by atoms with Crippen molar-refractivity contribution in [3.05, 3.63) is 50.9 Å². The van der Waals surface area contributed by atoms with Crippen LogP contribution in [0.1, 0.15) is 50.4 Å². The zero-order valence-corrected chi connectivity index (χ0v) is 12.3. The Morgan fingerprint density at radius 3 is 2.43 bits per heavy atom. The number of rotatable bonds is 5. The molecule has 6 heteroatoms. The minimum atomic E-state index is -0.439. The molecule has 112 valence electrons. The van der Waals surface area contributed by atoms with E-state index in [-0.39, 0.29) is 17.5 Å². The molecule has 2 rings (SSSR count). The number of hydrogen-bond acceptors (Lipinski definition) is 4. The fourth-order valence-corrected chi connectivity index (χ4v) is 2.19. The number of aromatic nitrogens is 2. The SMILES string of the molecule is CCC(C)c1[nH]c(=O)n(-c2ccc(C(C)N=O)cc2)c1O. The lowest BCUT2D eigenvalue weighted by Crippen LogP contribution is -2.14. The van der Waals surface area contributed by atoms with Gasteiger partial charge < -0.3 is 10.1 Å². The second-order valence-corrected chi connectivity index (χ2v) is 5.19. The first-order chi connectivity index (χ1) is 9.99. The summed E-state index contributed by atoms with van der Waals surface area (Å²) in [6.07, 6.45) is 0.814. The van der Waals surface area contributed by atoms with Gasteiger partial charge in [0.25, 0.3) is 0 Å². The first-order valence-electron chi connectivity index (χ1n) is 6.96. The lowest BCUT2D eigenvalue weighted by molar-refractivity contribution is 0.429. The smallest absolute Gasteiger partial charge is 0.333 e. The van der Waals surface area contributed by atoms with Crippen LogP contribution in [0.25, 0.3) is 5.69 Å². The highest BCUT2D eigenvalue weighted by Gasteiger charge is 2.18. The van der Waals surface area contributed by atoms with E-state index in [9.17, 15) is 14.8 Å². The van der Waals surface area contributed by atoms with Crippen LogP contribution in [0.3, 0.4) is 0 Å². The van der Waals surface area contributed by atoms with E-state index in [1.807, 2.05) is 13.8 Å². The average Bonchev–Trinajstić information content (AvgIpc) is 2.80. The van der Waals surface area contributed by atoms with Crippen molar-refractivity contribution in [1.29, 1.82) is 0 Å². The lowest BCUT2D eigenvalue weighted by Gasteiger charge is -2.08. The predicted octanol–water partition coefficient (Wildman–Crippen LogP) is 3.21. The molecule has 0 radical (unpaired) electrons. The molecule has 0 aliphatic heterocycles. The molecule has 2 atom stereocenters. The normalized spacial score (nSPS) is 13.9. The maximum absolute atomic E-state index is 12.0. The molecule has 0 spiro atoms. The summed E-state index contributed by atoms with van der Waals surface area (Å²) in [5.41, 5.74) is 1.47. The minimum absolute atomic E-state index is 0.0661. The summed E-state index contributed by atoms with van der Waals surface area (Å²) in [7, 11) is 0. The van der Waals surface area contributed by atoms with Gasteiger partial charge in [-0.25, -0.2) is 9.36 Å². The van der Waals surface area contributed by atoms with Crippen LogP contribution in [-0.2, 0) is 0 Å². The van der Waals surface area contributed by atoms with Gasteiger partial charge in [-0.2, -0.15) is 4.91 Å². The van der Waals surface area contributed by atoms with E-state index in [0.29, 0.717) is 11.4 Å². The van der Waals surface area contributed by atoms with Crippen molar-refractivity contribution in [3.63, 3.8) is 0 Å². The Morgan fingerprint density at radius 2 is 1.90 bits per heavy atom. The Kier molecular flexibility index (Phi) is 4.26. The molecule has 2 unspecified atom stereocenters. The molecular weight excluding hydrogens is 270 g/mol. The third-order valence-corrected chi connectivity index (χ3v) is 3.79. The molecule has 0 saturated heterocycles. The monoisotopic (exact) mass is 289 g/mol. The molecule has 21 heavy (non-hydrogen) atoms. The molecule has 6 nitrogen and oxygen atoms in total. The molecule has 0 aliphatic carbocycles. The Hall–Kier alpha value is -2.37. The summed E-state index contributed by atoms with van der Waals surface area (Å²) in [5.74, 6) is 0.00108.